The van der Waals surface area contributed by atoms with Crippen molar-refractivity contribution in [1.29, 1.82) is 0 Å². The summed E-state index contributed by atoms with van der Waals surface area (Å²) in [6.07, 6.45) is 0. The van der Waals surface area contributed by atoms with E-state index >= 15 is 0 Å². The molecule has 1 aromatic carbocycles. The fraction of sp³-hybridized carbons (Fsp3) is 0.429. The number of nitrogens with zero attached hydrogens (tertiary/aromatic N) is 2. The van der Waals surface area contributed by atoms with Crippen molar-refractivity contribution in [2.75, 3.05) is 26.7 Å². The van der Waals surface area contributed by atoms with Gasteiger partial charge in [0.2, 0.25) is 5.91 Å². The molecule has 1 aromatic rings. The first-order valence-electron chi connectivity index (χ1n) is 6.39. The molecule has 2 amide bonds. The van der Waals surface area contributed by atoms with E-state index in [1.165, 1.54) is 4.90 Å². The van der Waals surface area contributed by atoms with Gasteiger partial charge in [-0.15, -0.1) is 0 Å². The van der Waals surface area contributed by atoms with Crippen LogP contribution < -0.4 is 0 Å². The van der Waals surface area contributed by atoms with Crippen molar-refractivity contribution < 1.29 is 9.59 Å². The standard InChI is InChI=1S/C14H18BrClN2O2/c1-4-18(5-2)13(19)9-17(3)14(20)11-8-10(16)6-7-12(11)15/h6-8H,4-5,9H2,1-3H3. The molecule has 0 aliphatic rings. The molecule has 110 valence electrons. The number of hydrogen-bond acceptors (Lipinski definition) is 2. The van der Waals surface area contributed by atoms with Gasteiger partial charge < -0.3 is 9.80 Å². The van der Waals surface area contributed by atoms with Gasteiger partial charge in [-0.25, -0.2) is 0 Å². The van der Waals surface area contributed by atoms with Gasteiger partial charge in [0.05, 0.1) is 12.1 Å². The molecule has 4 nitrogen and oxygen atoms in total. The summed E-state index contributed by atoms with van der Waals surface area (Å²) in [6.45, 7) is 5.16. The van der Waals surface area contributed by atoms with Gasteiger partial charge in [0, 0.05) is 29.6 Å². The number of amides is 2. The fourth-order valence-corrected chi connectivity index (χ4v) is 2.41. The van der Waals surface area contributed by atoms with E-state index in [4.69, 9.17) is 11.6 Å². The van der Waals surface area contributed by atoms with Gasteiger partial charge in [-0.1, -0.05) is 11.6 Å². The lowest BCUT2D eigenvalue weighted by Crippen LogP contribution is -2.41. The summed E-state index contributed by atoms with van der Waals surface area (Å²) in [5.41, 5.74) is 0.451. The maximum absolute atomic E-state index is 12.3. The van der Waals surface area contributed by atoms with E-state index in [1.807, 2.05) is 13.8 Å². The first-order valence-corrected chi connectivity index (χ1v) is 7.56. The van der Waals surface area contributed by atoms with Gasteiger partial charge in [-0.3, -0.25) is 9.59 Å². The van der Waals surface area contributed by atoms with Gasteiger partial charge in [-0.05, 0) is 48.0 Å². The Morgan fingerprint density at radius 1 is 1.25 bits per heavy atom. The number of carbonyl (C=O) groups is 2. The summed E-state index contributed by atoms with van der Waals surface area (Å²) in [5.74, 6) is -0.302. The van der Waals surface area contributed by atoms with Crippen LogP contribution in [0.5, 0.6) is 0 Å². The van der Waals surface area contributed by atoms with Gasteiger partial charge in [-0.2, -0.15) is 0 Å². The van der Waals surface area contributed by atoms with Crippen LogP contribution in [0.2, 0.25) is 5.02 Å². The van der Waals surface area contributed by atoms with Crippen molar-refractivity contribution in [2.45, 2.75) is 13.8 Å². The molecule has 0 aliphatic heterocycles. The molecule has 0 spiro atoms. The largest absolute Gasteiger partial charge is 0.342 e. The minimum absolute atomic E-state index is 0.0550. The van der Waals surface area contributed by atoms with Crippen LogP contribution in [0.1, 0.15) is 24.2 Å². The highest BCUT2D eigenvalue weighted by atomic mass is 79.9. The number of rotatable bonds is 5. The van der Waals surface area contributed by atoms with Crippen LogP contribution in [0.15, 0.2) is 22.7 Å². The van der Waals surface area contributed by atoms with Crippen LogP contribution in [0, 0.1) is 0 Å². The molecule has 0 aromatic heterocycles. The number of carbonyl (C=O) groups excluding carboxylic acids is 2. The SMILES string of the molecule is CCN(CC)C(=O)CN(C)C(=O)c1cc(Cl)ccc1Br. The van der Waals surface area contributed by atoms with E-state index in [2.05, 4.69) is 15.9 Å². The van der Waals surface area contributed by atoms with Crippen molar-refractivity contribution in [3.8, 4) is 0 Å². The van der Waals surface area contributed by atoms with Gasteiger partial charge >= 0.3 is 0 Å². The average molecular weight is 362 g/mol. The smallest absolute Gasteiger partial charge is 0.255 e. The number of benzene rings is 1. The van der Waals surface area contributed by atoms with E-state index in [9.17, 15) is 9.59 Å². The molecule has 6 heteroatoms. The monoisotopic (exact) mass is 360 g/mol. The molecular formula is C14H18BrClN2O2. The Hall–Kier alpha value is -1.07. The lowest BCUT2D eigenvalue weighted by molar-refractivity contribution is -0.131. The second-order valence-corrected chi connectivity index (χ2v) is 5.64. The summed E-state index contributed by atoms with van der Waals surface area (Å²) in [5, 5.41) is 0.486. The molecule has 0 aliphatic carbocycles. The highest BCUT2D eigenvalue weighted by Gasteiger charge is 2.19. The van der Waals surface area contributed by atoms with Crippen LogP contribution in [-0.4, -0.2) is 48.3 Å². The Balaban J connectivity index is 2.82. The van der Waals surface area contributed by atoms with E-state index in [0.29, 0.717) is 28.1 Å². The van der Waals surface area contributed by atoms with Crippen molar-refractivity contribution in [3.63, 3.8) is 0 Å². The third kappa shape index (κ3) is 4.21. The molecule has 0 bridgehead atoms. The van der Waals surface area contributed by atoms with Crippen molar-refractivity contribution in [2.24, 2.45) is 0 Å². The molecule has 0 heterocycles. The van der Waals surface area contributed by atoms with Crippen LogP contribution >= 0.6 is 27.5 Å². The fourth-order valence-electron chi connectivity index (χ4n) is 1.82. The molecule has 0 atom stereocenters. The summed E-state index contributed by atoms with van der Waals surface area (Å²) in [7, 11) is 1.61. The predicted octanol–water partition coefficient (Wildman–Crippen LogP) is 3.04. The third-order valence-corrected chi connectivity index (χ3v) is 3.92. The van der Waals surface area contributed by atoms with Crippen LogP contribution in [-0.2, 0) is 4.79 Å². The Bertz CT molecular complexity index is 504. The summed E-state index contributed by atoms with van der Waals surface area (Å²) >= 11 is 9.22. The van der Waals surface area contributed by atoms with Gasteiger partial charge in [0.1, 0.15) is 0 Å². The highest BCUT2D eigenvalue weighted by molar-refractivity contribution is 9.10. The molecule has 1 rings (SSSR count). The zero-order valence-corrected chi connectivity index (χ0v) is 14.2. The van der Waals surface area contributed by atoms with Crippen LogP contribution in [0.25, 0.3) is 0 Å². The zero-order valence-electron chi connectivity index (χ0n) is 11.8. The van der Waals surface area contributed by atoms with E-state index in [0.717, 1.165) is 0 Å². The second-order valence-electron chi connectivity index (χ2n) is 4.35. The number of likely N-dealkylation sites (N-methyl/N-ethyl adjacent to an activating group) is 2. The Kier molecular flexibility index (Phi) is 6.49. The summed E-state index contributed by atoms with van der Waals surface area (Å²) in [4.78, 5) is 27.4. The maximum Gasteiger partial charge on any atom is 0.255 e. The van der Waals surface area contributed by atoms with Crippen molar-refractivity contribution >= 4 is 39.3 Å². The van der Waals surface area contributed by atoms with Gasteiger partial charge in [0.25, 0.3) is 5.91 Å². The van der Waals surface area contributed by atoms with Crippen LogP contribution in [0.3, 0.4) is 0 Å². The predicted molar refractivity (Wildman–Crippen MR) is 84.0 cm³/mol. The normalized spacial score (nSPS) is 10.2. The lowest BCUT2D eigenvalue weighted by atomic mass is 10.2. The summed E-state index contributed by atoms with van der Waals surface area (Å²) < 4.78 is 0.661. The molecule has 0 unspecified atom stereocenters. The molecule has 20 heavy (non-hydrogen) atoms. The average Bonchev–Trinajstić information content (AvgIpc) is 2.42. The molecule has 0 saturated carbocycles. The molecular weight excluding hydrogens is 344 g/mol. The summed E-state index contributed by atoms with van der Waals surface area (Å²) in [6, 6.07) is 5.01. The molecule has 0 fully saturated rings. The number of hydrogen-bond donors (Lipinski definition) is 0. The Morgan fingerprint density at radius 3 is 2.40 bits per heavy atom. The third-order valence-electron chi connectivity index (χ3n) is 2.99. The van der Waals surface area contributed by atoms with E-state index in [1.54, 1.807) is 30.1 Å². The minimum atomic E-state index is -0.236. The maximum atomic E-state index is 12.3. The Labute approximate surface area is 132 Å². The lowest BCUT2D eigenvalue weighted by Gasteiger charge is -2.23. The highest BCUT2D eigenvalue weighted by Crippen LogP contribution is 2.22. The quantitative estimate of drug-likeness (QED) is 0.809. The first kappa shape index (κ1) is 17.0. The van der Waals surface area contributed by atoms with E-state index in [-0.39, 0.29) is 18.4 Å². The Morgan fingerprint density at radius 2 is 1.85 bits per heavy atom. The van der Waals surface area contributed by atoms with Gasteiger partial charge in [0.15, 0.2) is 0 Å². The van der Waals surface area contributed by atoms with Crippen molar-refractivity contribution in [3.05, 3.63) is 33.3 Å². The van der Waals surface area contributed by atoms with Crippen LogP contribution in [0.4, 0.5) is 0 Å². The first-order chi connectivity index (χ1) is 9.40. The zero-order chi connectivity index (χ0) is 15.3. The molecule has 0 radical (unpaired) electrons. The molecule has 0 N–H and O–H groups in total. The van der Waals surface area contributed by atoms with E-state index < -0.39 is 0 Å². The van der Waals surface area contributed by atoms with Crippen molar-refractivity contribution in [1.82, 2.24) is 9.80 Å². The second kappa shape index (κ2) is 7.64. The minimum Gasteiger partial charge on any atom is -0.342 e. The topological polar surface area (TPSA) is 40.6 Å². The number of halogens is 2. The molecule has 0 saturated heterocycles.